The van der Waals surface area contributed by atoms with Gasteiger partial charge in [-0.25, -0.2) is 4.98 Å². The van der Waals surface area contributed by atoms with E-state index in [1.54, 1.807) is 7.11 Å². The number of nitrogens with zero attached hydrogens (tertiary/aromatic N) is 2. The molecule has 1 rings (SSSR count). The fourth-order valence-electron chi connectivity index (χ4n) is 1.79. The van der Waals surface area contributed by atoms with E-state index in [9.17, 15) is 0 Å². The van der Waals surface area contributed by atoms with Crippen molar-refractivity contribution in [2.24, 2.45) is 0 Å². The number of ether oxygens (including phenoxy) is 1. The maximum atomic E-state index is 5.06. The van der Waals surface area contributed by atoms with Gasteiger partial charge < -0.3 is 14.6 Å². The molecule has 17 heavy (non-hydrogen) atoms. The molecule has 0 aliphatic rings. The molecule has 4 heteroatoms. The first-order valence-electron chi connectivity index (χ1n) is 6.38. The maximum absolute atomic E-state index is 5.06. The highest BCUT2D eigenvalue weighted by Crippen LogP contribution is 2.07. The number of aryl methyl sites for hydroxylation is 1. The van der Waals surface area contributed by atoms with Gasteiger partial charge in [-0.1, -0.05) is 13.8 Å². The summed E-state index contributed by atoms with van der Waals surface area (Å²) in [5.74, 6) is 1.10. The molecule has 0 aliphatic heterocycles. The fraction of sp³-hybridized carbons (Fsp3) is 0.769. The zero-order chi connectivity index (χ0) is 12.7. The van der Waals surface area contributed by atoms with Crippen LogP contribution >= 0.6 is 0 Å². The molecule has 0 fully saturated rings. The number of aromatic nitrogens is 2. The molecule has 1 N–H and O–H groups in total. The molecule has 1 aromatic heterocycles. The lowest BCUT2D eigenvalue weighted by Gasteiger charge is -2.12. The molecule has 0 aromatic carbocycles. The SMILES string of the molecule is COCCCCn1c(CNC(C)C)cnc1C. The highest BCUT2D eigenvalue weighted by Gasteiger charge is 2.06. The van der Waals surface area contributed by atoms with Crippen molar-refractivity contribution in [3.8, 4) is 0 Å². The smallest absolute Gasteiger partial charge is 0.105 e. The van der Waals surface area contributed by atoms with Crippen molar-refractivity contribution < 1.29 is 4.74 Å². The van der Waals surface area contributed by atoms with Crippen LogP contribution in [0.1, 0.15) is 38.2 Å². The lowest BCUT2D eigenvalue weighted by molar-refractivity contribution is 0.191. The molecule has 0 radical (unpaired) electrons. The lowest BCUT2D eigenvalue weighted by atomic mass is 10.3. The van der Waals surface area contributed by atoms with Crippen LogP contribution in [-0.4, -0.2) is 29.3 Å². The minimum Gasteiger partial charge on any atom is -0.385 e. The highest BCUT2D eigenvalue weighted by molar-refractivity contribution is 5.04. The van der Waals surface area contributed by atoms with Gasteiger partial charge in [-0.3, -0.25) is 0 Å². The predicted molar refractivity (Wildman–Crippen MR) is 70.0 cm³/mol. The summed E-state index contributed by atoms with van der Waals surface area (Å²) in [7, 11) is 1.75. The van der Waals surface area contributed by atoms with E-state index in [2.05, 4.69) is 35.6 Å². The molecule has 0 aliphatic carbocycles. The van der Waals surface area contributed by atoms with Crippen molar-refractivity contribution >= 4 is 0 Å². The van der Waals surface area contributed by atoms with E-state index in [1.165, 1.54) is 5.69 Å². The van der Waals surface area contributed by atoms with Crippen LogP contribution in [0.5, 0.6) is 0 Å². The Bertz CT molecular complexity index is 320. The van der Waals surface area contributed by atoms with Crippen LogP contribution in [0.15, 0.2) is 6.20 Å². The van der Waals surface area contributed by atoms with E-state index >= 15 is 0 Å². The molecule has 0 bridgehead atoms. The minimum absolute atomic E-state index is 0.507. The number of nitrogens with one attached hydrogen (secondary N) is 1. The van der Waals surface area contributed by atoms with E-state index < -0.39 is 0 Å². The van der Waals surface area contributed by atoms with Crippen molar-refractivity contribution in [3.05, 3.63) is 17.7 Å². The van der Waals surface area contributed by atoms with Gasteiger partial charge in [-0.05, 0) is 19.8 Å². The summed E-state index contributed by atoms with van der Waals surface area (Å²) < 4.78 is 7.36. The normalized spacial score (nSPS) is 11.4. The summed E-state index contributed by atoms with van der Waals surface area (Å²) in [5.41, 5.74) is 1.27. The Labute approximate surface area is 104 Å². The van der Waals surface area contributed by atoms with Gasteiger partial charge in [-0.15, -0.1) is 0 Å². The van der Waals surface area contributed by atoms with Crippen LogP contribution in [0.2, 0.25) is 0 Å². The average Bonchev–Trinajstić information content (AvgIpc) is 2.63. The number of unbranched alkanes of at least 4 members (excludes halogenated alkanes) is 1. The third-order valence-electron chi connectivity index (χ3n) is 2.81. The Morgan fingerprint density at radius 1 is 1.41 bits per heavy atom. The van der Waals surface area contributed by atoms with Crippen LogP contribution in [0, 0.1) is 6.92 Å². The molecule has 1 heterocycles. The molecule has 0 spiro atoms. The van der Waals surface area contributed by atoms with Gasteiger partial charge >= 0.3 is 0 Å². The van der Waals surface area contributed by atoms with Crippen LogP contribution in [0.25, 0.3) is 0 Å². The molecule has 0 amide bonds. The van der Waals surface area contributed by atoms with Crippen molar-refractivity contribution in [2.75, 3.05) is 13.7 Å². The van der Waals surface area contributed by atoms with E-state index in [1.807, 2.05) is 6.20 Å². The summed E-state index contributed by atoms with van der Waals surface area (Å²) in [4.78, 5) is 4.39. The second-order valence-electron chi connectivity index (χ2n) is 4.68. The third-order valence-corrected chi connectivity index (χ3v) is 2.81. The molecule has 0 unspecified atom stereocenters. The largest absolute Gasteiger partial charge is 0.385 e. The number of hydrogen-bond acceptors (Lipinski definition) is 3. The molecule has 1 aromatic rings. The second kappa shape index (κ2) is 7.45. The minimum atomic E-state index is 0.507. The molecule has 0 saturated heterocycles. The molecule has 4 nitrogen and oxygen atoms in total. The Morgan fingerprint density at radius 2 is 2.18 bits per heavy atom. The van der Waals surface area contributed by atoms with E-state index in [-0.39, 0.29) is 0 Å². The monoisotopic (exact) mass is 239 g/mol. The van der Waals surface area contributed by atoms with E-state index in [0.717, 1.165) is 38.4 Å². The zero-order valence-electron chi connectivity index (χ0n) is 11.5. The first-order chi connectivity index (χ1) is 8.15. The topological polar surface area (TPSA) is 39.1 Å². The van der Waals surface area contributed by atoms with Crippen LogP contribution in [0.4, 0.5) is 0 Å². The summed E-state index contributed by atoms with van der Waals surface area (Å²) >= 11 is 0. The fourth-order valence-corrected chi connectivity index (χ4v) is 1.79. The number of imidazole rings is 1. The number of rotatable bonds is 8. The maximum Gasteiger partial charge on any atom is 0.105 e. The van der Waals surface area contributed by atoms with Crippen molar-refractivity contribution in [3.63, 3.8) is 0 Å². The van der Waals surface area contributed by atoms with Crippen LogP contribution < -0.4 is 5.32 Å². The van der Waals surface area contributed by atoms with E-state index in [0.29, 0.717) is 6.04 Å². The number of hydrogen-bond donors (Lipinski definition) is 1. The zero-order valence-corrected chi connectivity index (χ0v) is 11.5. The predicted octanol–water partition coefficient (Wildman–Crippen LogP) is 2.12. The highest BCUT2D eigenvalue weighted by atomic mass is 16.5. The first-order valence-corrected chi connectivity index (χ1v) is 6.38. The molecular weight excluding hydrogens is 214 g/mol. The Kier molecular flexibility index (Phi) is 6.22. The van der Waals surface area contributed by atoms with Gasteiger partial charge in [-0.2, -0.15) is 0 Å². The van der Waals surface area contributed by atoms with Crippen LogP contribution in [-0.2, 0) is 17.8 Å². The summed E-state index contributed by atoms with van der Waals surface area (Å²) in [6.07, 6.45) is 4.21. The molecule has 98 valence electrons. The van der Waals surface area contributed by atoms with Crippen LogP contribution in [0.3, 0.4) is 0 Å². The average molecular weight is 239 g/mol. The van der Waals surface area contributed by atoms with Crippen molar-refractivity contribution in [1.29, 1.82) is 0 Å². The Morgan fingerprint density at radius 3 is 2.82 bits per heavy atom. The Hall–Kier alpha value is -0.870. The Balaban J connectivity index is 2.47. The summed E-state index contributed by atoms with van der Waals surface area (Å²) in [6, 6.07) is 0.507. The van der Waals surface area contributed by atoms with Gasteiger partial charge in [0.15, 0.2) is 0 Å². The van der Waals surface area contributed by atoms with E-state index in [4.69, 9.17) is 4.74 Å². The van der Waals surface area contributed by atoms with Gasteiger partial charge in [0, 0.05) is 39.0 Å². The second-order valence-corrected chi connectivity index (χ2v) is 4.68. The molecule has 0 atom stereocenters. The van der Waals surface area contributed by atoms with Gasteiger partial charge in [0.05, 0.1) is 5.69 Å². The van der Waals surface area contributed by atoms with Crippen molar-refractivity contribution in [1.82, 2.24) is 14.9 Å². The molecular formula is C13H25N3O. The quantitative estimate of drug-likeness (QED) is 0.706. The molecule has 0 saturated carbocycles. The summed E-state index contributed by atoms with van der Waals surface area (Å²) in [5, 5.41) is 3.43. The summed E-state index contributed by atoms with van der Waals surface area (Å²) in [6.45, 7) is 9.15. The standard InChI is InChI=1S/C13H25N3O/c1-11(2)14-9-13-10-15-12(3)16(13)7-5-6-8-17-4/h10-11,14H,5-9H2,1-4H3. The third kappa shape index (κ3) is 4.88. The first kappa shape index (κ1) is 14.2. The van der Waals surface area contributed by atoms with Crippen molar-refractivity contribution in [2.45, 2.75) is 52.7 Å². The number of methoxy groups -OCH3 is 1. The van der Waals surface area contributed by atoms with Gasteiger partial charge in [0.1, 0.15) is 5.82 Å². The van der Waals surface area contributed by atoms with Gasteiger partial charge in [0.25, 0.3) is 0 Å². The lowest BCUT2D eigenvalue weighted by Crippen LogP contribution is -2.23. The van der Waals surface area contributed by atoms with Gasteiger partial charge in [0.2, 0.25) is 0 Å².